The van der Waals surface area contributed by atoms with Crippen molar-refractivity contribution in [1.29, 1.82) is 0 Å². The van der Waals surface area contributed by atoms with Gasteiger partial charge in [-0.25, -0.2) is 0 Å². The largest absolute Gasteiger partial charge is 0.372 e. The molecule has 1 aliphatic carbocycles. The molecule has 3 atom stereocenters. The Morgan fingerprint density at radius 1 is 1.04 bits per heavy atom. The van der Waals surface area contributed by atoms with Crippen LogP contribution in [0.2, 0.25) is 0 Å². The first kappa shape index (κ1) is 31.3. The number of amides is 2. The van der Waals surface area contributed by atoms with Gasteiger partial charge in [0, 0.05) is 61.2 Å². The van der Waals surface area contributed by atoms with Gasteiger partial charge in [0.05, 0.1) is 23.7 Å². The predicted octanol–water partition coefficient (Wildman–Crippen LogP) is 4.42. The summed E-state index contributed by atoms with van der Waals surface area (Å²) in [6.07, 6.45) is 10.5. The highest BCUT2D eigenvalue weighted by Gasteiger charge is 2.66. The summed E-state index contributed by atoms with van der Waals surface area (Å²) in [4.78, 5) is 62.9. The summed E-state index contributed by atoms with van der Waals surface area (Å²) in [5, 5.41) is 8.66. The van der Waals surface area contributed by atoms with E-state index in [4.69, 9.17) is 5.10 Å². The topological polar surface area (TPSA) is 118 Å². The van der Waals surface area contributed by atoms with Gasteiger partial charge in [-0.3, -0.25) is 28.8 Å². The SMILES string of the molecule is CC(=O)c1nn2c3c(cc(N4CCCC4)cc13)C/C=C/CCCC(=O)NC[C@@]13C[C@@H](C(=O)Cc4nc(C)ccc4C)N(C(=O)C2)[C@@H]1C3. The van der Waals surface area contributed by atoms with E-state index in [9.17, 15) is 19.2 Å². The molecule has 2 amide bonds. The maximum Gasteiger partial charge on any atom is 0.245 e. The number of carbonyl (C=O) groups is 4. The number of piperidine rings is 1. The minimum absolute atomic E-state index is 0.00639. The van der Waals surface area contributed by atoms with E-state index in [0.717, 1.165) is 84.3 Å². The summed E-state index contributed by atoms with van der Waals surface area (Å²) < 4.78 is 1.70. The van der Waals surface area contributed by atoms with Crippen LogP contribution >= 0.6 is 0 Å². The molecule has 3 fully saturated rings. The Morgan fingerprint density at radius 3 is 2.64 bits per heavy atom. The number of hydrogen-bond acceptors (Lipinski definition) is 7. The predicted molar refractivity (Wildman–Crippen MR) is 179 cm³/mol. The first-order valence-electron chi connectivity index (χ1n) is 17.1. The quantitative estimate of drug-likeness (QED) is 0.326. The zero-order chi connectivity index (χ0) is 32.9. The maximum atomic E-state index is 14.4. The average molecular weight is 637 g/mol. The Morgan fingerprint density at radius 2 is 1.85 bits per heavy atom. The van der Waals surface area contributed by atoms with Gasteiger partial charge >= 0.3 is 0 Å². The molecule has 2 bridgehead atoms. The van der Waals surface area contributed by atoms with E-state index in [1.165, 1.54) is 6.92 Å². The van der Waals surface area contributed by atoms with Crippen LogP contribution in [0.15, 0.2) is 36.4 Å². The fraction of sp³-hybridized carbons (Fsp3) is 0.514. The molecule has 10 heteroatoms. The van der Waals surface area contributed by atoms with E-state index in [-0.39, 0.29) is 47.8 Å². The molecule has 7 rings (SSSR count). The molecular weight excluding hydrogens is 592 g/mol. The standard InChI is InChI=1S/C37H44N6O4/c1-23-12-13-24(2)39-29(23)18-31(45)30-19-37-20-32(37)43(30)34(47)21-42-36-26(10-6-4-5-7-11-33(46)38-22-37)16-27(41-14-8-9-15-41)17-28(36)35(40-42)25(3)44/h4,6,12-13,16-17,30,32H,5,7-11,14-15,18-22H2,1-3H3,(H,38,46)/b6-4+/t30-,32+,37-/m0/s1. The van der Waals surface area contributed by atoms with Crippen molar-refractivity contribution in [2.45, 2.75) is 97.2 Å². The summed E-state index contributed by atoms with van der Waals surface area (Å²) >= 11 is 0. The Labute approximate surface area is 275 Å². The third-order valence-corrected chi connectivity index (χ3v) is 10.7. The summed E-state index contributed by atoms with van der Waals surface area (Å²) in [5.41, 5.74) is 5.44. The number of nitrogens with one attached hydrogen (secondary N) is 1. The van der Waals surface area contributed by atoms with Crippen LogP contribution in [0.3, 0.4) is 0 Å². The normalized spacial score (nSPS) is 25.4. The zero-order valence-corrected chi connectivity index (χ0v) is 27.7. The number of Topliss-reactive ketones (excluding diaryl/α,β-unsaturated/α-hetero) is 2. The highest BCUT2D eigenvalue weighted by atomic mass is 16.2. The molecule has 1 N–H and O–H groups in total. The fourth-order valence-corrected chi connectivity index (χ4v) is 8.02. The van der Waals surface area contributed by atoms with Crippen LogP contribution in [-0.4, -0.2) is 74.8 Å². The number of hydrogen-bond donors (Lipinski definition) is 1. The molecule has 10 nitrogen and oxygen atoms in total. The maximum absolute atomic E-state index is 14.4. The van der Waals surface area contributed by atoms with Gasteiger partial charge in [-0.2, -0.15) is 5.10 Å². The molecule has 2 saturated heterocycles. The van der Waals surface area contributed by atoms with Gasteiger partial charge in [0.25, 0.3) is 0 Å². The summed E-state index contributed by atoms with van der Waals surface area (Å²) in [6, 6.07) is 7.40. The molecule has 3 aliphatic heterocycles. The molecule has 3 aromatic rings. The van der Waals surface area contributed by atoms with E-state index in [2.05, 4.69) is 39.5 Å². The molecule has 47 heavy (non-hydrogen) atoms. The molecule has 0 spiro atoms. The molecule has 5 heterocycles. The van der Waals surface area contributed by atoms with E-state index < -0.39 is 6.04 Å². The molecule has 1 aromatic carbocycles. The first-order valence-corrected chi connectivity index (χ1v) is 17.1. The Hall–Kier alpha value is -4.34. The third kappa shape index (κ3) is 5.98. The van der Waals surface area contributed by atoms with Gasteiger partial charge in [-0.05, 0) is 88.1 Å². The lowest BCUT2D eigenvalue weighted by atomic mass is 9.94. The van der Waals surface area contributed by atoms with E-state index >= 15 is 0 Å². The lowest BCUT2D eigenvalue weighted by molar-refractivity contribution is -0.139. The number of anilines is 1. The summed E-state index contributed by atoms with van der Waals surface area (Å²) in [6.45, 7) is 7.70. The monoisotopic (exact) mass is 636 g/mol. The Bertz CT molecular complexity index is 1800. The number of rotatable bonds is 5. The van der Waals surface area contributed by atoms with Crippen molar-refractivity contribution in [3.05, 3.63) is 64.6 Å². The molecule has 1 saturated carbocycles. The second-order valence-electron chi connectivity index (χ2n) is 14.1. The number of ketones is 2. The van der Waals surface area contributed by atoms with Crippen molar-refractivity contribution < 1.29 is 19.2 Å². The molecular formula is C37H44N6O4. The van der Waals surface area contributed by atoms with Crippen LogP contribution in [0.5, 0.6) is 0 Å². The zero-order valence-electron chi connectivity index (χ0n) is 27.7. The number of nitrogens with zero attached hydrogens (tertiary/aromatic N) is 5. The smallest absolute Gasteiger partial charge is 0.245 e. The highest BCUT2D eigenvalue weighted by molar-refractivity contribution is 6.07. The van der Waals surface area contributed by atoms with Crippen molar-refractivity contribution in [3.8, 4) is 0 Å². The molecule has 2 aromatic heterocycles. The molecule has 0 unspecified atom stereocenters. The van der Waals surface area contributed by atoms with Crippen LogP contribution < -0.4 is 10.2 Å². The highest BCUT2D eigenvalue weighted by Crippen LogP contribution is 2.59. The second kappa shape index (κ2) is 12.4. The van der Waals surface area contributed by atoms with Crippen LogP contribution in [0.4, 0.5) is 5.69 Å². The number of pyridine rings is 1. The molecule has 0 radical (unpaired) electrons. The number of benzene rings is 1. The Kier molecular flexibility index (Phi) is 8.22. The van der Waals surface area contributed by atoms with E-state index in [0.29, 0.717) is 31.5 Å². The second-order valence-corrected chi connectivity index (χ2v) is 14.1. The van der Waals surface area contributed by atoms with E-state index in [1.807, 2.05) is 26.0 Å². The minimum atomic E-state index is -0.614. The van der Waals surface area contributed by atoms with Crippen LogP contribution in [0.25, 0.3) is 10.9 Å². The van der Waals surface area contributed by atoms with Crippen LogP contribution in [0, 0.1) is 19.3 Å². The van der Waals surface area contributed by atoms with Crippen molar-refractivity contribution in [2.75, 3.05) is 24.5 Å². The molecule has 246 valence electrons. The third-order valence-electron chi connectivity index (χ3n) is 10.7. The van der Waals surface area contributed by atoms with Crippen molar-refractivity contribution in [1.82, 2.24) is 25.0 Å². The van der Waals surface area contributed by atoms with Crippen molar-refractivity contribution in [2.24, 2.45) is 5.41 Å². The van der Waals surface area contributed by atoms with Gasteiger partial charge in [-0.1, -0.05) is 18.2 Å². The lowest BCUT2D eigenvalue weighted by Gasteiger charge is -2.27. The van der Waals surface area contributed by atoms with Gasteiger partial charge < -0.3 is 15.1 Å². The number of aryl methyl sites for hydroxylation is 2. The fourth-order valence-electron chi connectivity index (χ4n) is 8.02. The molecule has 4 aliphatic rings. The number of aromatic nitrogens is 3. The van der Waals surface area contributed by atoms with Gasteiger partial charge in [0.2, 0.25) is 11.8 Å². The first-order chi connectivity index (χ1) is 22.6. The number of carbonyl (C=O) groups excluding carboxylic acids is 4. The van der Waals surface area contributed by atoms with Crippen molar-refractivity contribution in [3.63, 3.8) is 0 Å². The van der Waals surface area contributed by atoms with Gasteiger partial charge in [-0.15, -0.1) is 0 Å². The van der Waals surface area contributed by atoms with E-state index in [1.54, 1.807) is 9.58 Å². The van der Waals surface area contributed by atoms with Crippen LogP contribution in [0.1, 0.15) is 84.9 Å². The minimum Gasteiger partial charge on any atom is -0.372 e. The summed E-state index contributed by atoms with van der Waals surface area (Å²) in [7, 11) is 0. The van der Waals surface area contributed by atoms with Gasteiger partial charge in [0.1, 0.15) is 12.2 Å². The average Bonchev–Trinajstić information content (AvgIpc) is 3.41. The summed E-state index contributed by atoms with van der Waals surface area (Å²) in [5.74, 6) is -0.368. The van der Waals surface area contributed by atoms with Crippen LogP contribution in [-0.2, 0) is 33.8 Å². The van der Waals surface area contributed by atoms with Crippen molar-refractivity contribution >= 4 is 40.0 Å². The lowest BCUT2D eigenvalue weighted by Crippen LogP contribution is -2.45. The number of allylic oxidation sites excluding steroid dienone is 2. The Balaban J connectivity index is 1.28. The van der Waals surface area contributed by atoms with Gasteiger partial charge in [0.15, 0.2) is 11.6 Å².